The van der Waals surface area contributed by atoms with Crippen molar-refractivity contribution in [3.63, 3.8) is 0 Å². The standard InChI is InChI=1S/C32H30N8/c1-20(15-21-7-3-2-4-8-21)35-24-16-23(18-34-19-24)26-12-13-28-30(36-26)31(40-39-28)32-37-27-11-5-10-25(29(27)38-32)22-9-6-14-33-17-22/h5-6,9-14,16-19,21,35H,1-4,7-8,15H2,(H,37,38)(H,39,40). The lowest BCUT2D eigenvalue weighted by atomic mass is 9.86. The molecule has 0 amide bonds. The summed E-state index contributed by atoms with van der Waals surface area (Å²) in [5, 5.41) is 11.2. The van der Waals surface area contributed by atoms with Crippen LogP contribution in [-0.2, 0) is 0 Å². The van der Waals surface area contributed by atoms with Crippen molar-refractivity contribution < 1.29 is 0 Å². The Labute approximate surface area is 232 Å². The van der Waals surface area contributed by atoms with Gasteiger partial charge in [0.05, 0.1) is 34.1 Å². The van der Waals surface area contributed by atoms with E-state index in [2.05, 4.69) is 49.2 Å². The molecule has 6 aromatic rings. The molecular weight excluding hydrogens is 496 g/mol. The Morgan fingerprint density at radius 3 is 2.65 bits per heavy atom. The number of fused-ring (bicyclic) bond motifs is 2. The Morgan fingerprint density at radius 2 is 1.77 bits per heavy atom. The maximum atomic E-state index is 4.99. The van der Waals surface area contributed by atoms with Gasteiger partial charge in [0.1, 0.15) is 5.52 Å². The largest absolute Gasteiger partial charge is 0.358 e. The summed E-state index contributed by atoms with van der Waals surface area (Å²) in [6.45, 7) is 4.29. The monoisotopic (exact) mass is 526 g/mol. The molecule has 0 unspecified atom stereocenters. The number of hydrogen-bond donors (Lipinski definition) is 3. The van der Waals surface area contributed by atoms with Crippen LogP contribution in [0.15, 0.2) is 85.6 Å². The van der Waals surface area contributed by atoms with Crippen molar-refractivity contribution in [1.82, 2.24) is 35.1 Å². The zero-order valence-electron chi connectivity index (χ0n) is 22.2. The number of rotatable bonds is 7. The Hall–Kier alpha value is -4.85. The average molecular weight is 527 g/mol. The number of nitrogens with one attached hydrogen (secondary N) is 3. The molecule has 0 atom stereocenters. The molecule has 0 aliphatic heterocycles. The van der Waals surface area contributed by atoms with Crippen LogP contribution in [0, 0.1) is 5.92 Å². The predicted octanol–water partition coefficient (Wildman–Crippen LogP) is 7.52. The van der Waals surface area contributed by atoms with Crippen molar-refractivity contribution in [2.45, 2.75) is 38.5 Å². The summed E-state index contributed by atoms with van der Waals surface area (Å²) in [6.07, 6.45) is 14.9. The lowest BCUT2D eigenvalue weighted by molar-refractivity contribution is 0.357. The Bertz CT molecular complexity index is 1810. The smallest absolute Gasteiger partial charge is 0.161 e. The Morgan fingerprint density at radius 1 is 0.875 bits per heavy atom. The van der Waals surface area contributed by atoms with Gasteiger partial charge in [-0.3, -0.25) is 15.1 Å². The fourth-order valence-electron chi connectivity index (χ4n) is 5.77. The molecule has 7 rings (SSSR count). The molecule has 0 radical (unpaired) electrons. The second kappa shape index (κ2) is 10.4. The van der Waals surface area contributed by atoms with Gasteiger partial charge in [0.2, 0.25) is 0 Å². The van der Waals surface area contributed by atoms with E-state index < -0.39 is 0 Å². The lowest BCUT2D eigenvalue weighted by Gasteiger charge is -2.22. The molecule has 40 heavy (non-hydrogen) atoms. The molecule has 1 aliphatic carbocycles. The van der Waals surface area contributed by atoms with Crippen LogP contribution in [0.25, 0.3) is 56.0 Å². The SMILES string of the molecule is C=C(CC1CCCCC1)Nc1cncc(-c2ccc3[nH]nc(-c4nc5c(-c6cccnc6)cccc5[nH]4)c3n2)c1. The molecule has 1 aromatic carbocycles. The van der Waals surface area contributed by atoms with Crippen LogP contribution in [0.4, 0.5) is 5.69 Å². The number of benzene rings is 1. The Kier molecular flexibility index (Phi) is 6.28. The van der Waals surface area contributed by atoms with Crippen LogP contribution in [0.1, 0.15) is 38.5 Å². The first-order valence-electron chi connectivity index (χ1n) is 13.9. The van der Waals surface area contributed by atoms with Gasteiger partial charge in [0.15, 0.2) is 11.5 Å². The third-order valence-electron chi connectivity index (χ3n) is 7.73. The molecule has 198 valence electrons. The summed E-state index contributed by atoms with van der Waals surface area (Å²) in [4.78, 5) is 22.1. The highest BCUT2D eigenvalue weighted by atomic mass is 15.1. The van der Waals surface area contributed by atoms with E-state index in [4.69, 9.17) is 9.97 Å². The maximum Gasteiger partial charge on any atom is 0.161 e. The molecule has 1 fully saturated rings. The molecule has 1 aliphatic rings. The first-order chi connectivity index (χ1) is 19.7. The molecular formula is C32H30N8. The zero-order chi connectivity index (χ0) is 26.9. The van der Waals surface area contributed by atoms with E-state index in [1.165, 1.54) is 32.1 Å². The van der Waals surface area contributed by atoms with Gasteiger partial charge in [0, 0.05) is 41.0 Å². The van der Waals surface area contributed by atoms with Crippen molar-refractivity contribution in [2.24, 2.45) is 5.92 Å². The van der Waals surface area contributed by atoms with Crippen molar-refractivity contribution in [3.8, 4) is 33.9 Å². The van der Waals surface area contributed by atoms with Gasteiger partial charge < -0.3 is 10.3 Å². The highest BCUT2D eigenvalue weighted by Gasteiger charge is 2.18. The van der Waals surface area contributed by atoms with Gasteiger partial charge in [-0.25, -0.2) is 9.97 Å². The van der Waals surface area contributed by atoms with Crippen LogP contribution >= 0.6 is 0 Å². The minimum atomic E-state index is 0.662. The number of hydrogen-bond acceptors (Lipinski definition) is 6. The molecule has 3 N–H and O–H groups in total. The quantitative estimate of drug-likeness (QED) is 0.198. The number of nitrogens with zero attached hydrogens (tertiary/aromatic N) is 5. The van der Waals surface area contributed by atoms with E-state index in [1.54, 1.807) is 6.20 Å². The number of aromatic amines is 2. The number of aromatic nitrogens is 7. The van der Waals surface area contributed by atoms with Crippen LogP contribution < -0.4 is 5.32 Å². The predicted molar refractivity (Wildman–Crippen MR) is 159 cm³/mol. The van der Waals surface area contributed by atoms with Gasteiger partial charge in [-0.2, -0.15) is 5.10 Å². The third kappa shape index (κ3) is 4.73. The summed E-state index contributed by atoms with van der Waals surface area (Å²) in [7, 11) is 0. The highest BCUT2D eigenvalue weighted by Crippen LogP contribution is 2.32. The maximum absolute atomic E-state index is 4.99. The van der Waals surface area contributed by atoms with Crippen LogP contribution in [0.2, 0.25) is 0 Å². The molecule has 0 saturated heterocycles. The van der Waals surface area contributed by atoms with E-state index in [0.717, 1.165) is 68.2 Å². The molecule has 5 heterocycles. The summed E-state index contributed by atoms with van der Waals surface area (Å²) in [6, 6.07) is 16.1. The van der Waals surface area contributed by atoms with Gasteiger partial charge in [-0.15, -0.1) is 0 Å². The normalized spacial score (nSPS) is 14.1. The zero-order valence-corrected chi connectivity index (χ0v) is 22.2. The van der Waals surface area contributed by atoms with Gasteiger partial charge >= 0.3 is 0 Å². The van der Waals surface area contributed by atoms with E-state index in [9.17, 15) is 0 Å². The van der Waals surface area contributed by atoms with E-state index in [-0.39, 0.29) is 0 Å². The van der Waals surface area contributed by atoms with Gasteiger partial charge in [-0.1, -0.05) is 56.9 Å². The van der Waals surface area contributed by atoms with E-state index in [1.807, 2.05) is 55.0 Å². The number of para-hydroxylation sites is 1. The number of anilines is 1. The molecule has 8 heteroatoms. The van der Waals surface area contributed by atoms with E-state index >= 15 is 0 Å². The average Bonchev–Trinajstić information content (AvgIpc) is 3.62. The topological polar surface area (TPSA) is 108 Å². The first-order valence-corrected chi connectivity index (χ1v) is 13.9. The van der Waals surface area contributed by atoms with E-state index in [0.29, 0.717) is 11.5 Å². The highest BCUT2D eigenvalue weighted by molar-refractivity contribution is 5.96. The second-order valence-electron chi connectivity index (χ2n) is 10.6. The molecule has 0 bridgehead atoms. The minimum absolute atomic E-state index is 0.662. The number of pyridine rings is 3. The van der Waals surface area contributed by atoms with Crippen LogP contribution in [-0.4, -0.2) is 35.1 Å². The fraction of sp³-hybridized carbons (Fsp3) is 0.219. The van der Waals surface area contributed by atoms with Crippen LogP contribution in [0.3, 0.4) is 0 Å². The summed E-state index contributed by atoms with van der Waals surface area (Å²) < 4.78 is 0. The third-order valence-corrected chi connectivity index (χ3v) is 7.73. The van der Waals surface area contributed by atoms with Crippen LogP contribution in [0.5, 0.6) is 0 Å². The second-order valence-corrected chi connectivity index (χ2v) is 10.6. The minimum Gasteiger partial charge on any atom is -0.358 e. The van der Waals surface area contributed by atoms with Crippen molar-refractivity contribution >= 4 is 27.8 Å². The van der Waals surface area contributed by atoms with Gasteiger partial charge in [-0.05, 0) is 42.7 Å². The van der Waals surface area contributed by atoms with Crippen molar-refractivity contribution in [2.75, 3.05) is 5.32 Å². The molecule has 0 spiro atoms. The number of imidazole rings is 1. The molecule has 5 aromatic heterocycles. The molecule has 8 nitrogen and oxygen atoms in total. The van der Waals surface area contributed by atoms with Gasteiger partial charge in [0.25, 0.3) is 0 Å². The fourth-order valence-corrected chi connectivity index (χ4v) is 5.77. The number of allylic oxidation sites excluding steroid dienone is 1. The Balaban J connectivity index is 1.19. The molecule has 1 saturated carbocycles. The summed E-state index contributed by atoms with van der Waals surface area (Å²) in [5.74, 6) is 1.39. The summed E-state index contributed by atoms with van der Waals surface area (Å²) in [5.41, 5.74) is 9.80. The lowest BCUT2D eigenvalue weighted by Crippen LogP contribution is -2.10. The van der Waals surface area contributed by atoms with Crippen molar-refractivity contribution in [3.05, 3.63) is 85.6 Å². The number of H-pyrrole nitrogens is 2. The first kappa shape index (κ1) is 24.2. The van der Waals surface area contributed by atoms with Crippen molar-refractivity contribution in [1.29, 1.82) is 0 Å². The summed E-state index contributed by atoms with van der Waals surface area (Å²) >= 11 is 0.